The quantitative estimate of drug-likeness (QED) is 0.667. The van der Waals surface area contributed by atoms with E-state index >= 15 is 0 Å². The highest BCUT2D eigenvalue weighted by Crippen LogP contribution is 2.29. The van der Waals surface area contributed by atoms with Crippen molar-refractivity contribution in [2.24, 2.45) is 0 Å². The number of rotatable bonds is 2. The van der Waals surface area contributed by atoms with Crippen molar-refractivity contribution < 1.29 is 9.53 Å². The lowest BCUT2D eigenvalue weighted by atomic mass is 10.1. The number of hydrogen-bond acceptors (Lipinski definition) is 4. The molecule has 5 heteroatoms. The maximum Gasteiger partial charge on any atom is 0.337 e. The van der Waals surface area contributed by atoms with Gasteiger partial charge < -0.3 is 9.30 Å². The van der Waals surface area contributed by atoms with Crippen LogP contribution in [0.25, 0.3) is 21.8 Å². The molecule has 3 aromatic rings. The third-order valence-electron chi connectivity index (χ3n) is 3.32. The predicted molar refractivity (Wildman–Crippen MR) is 74.2 cm³/mol. The van der Waals surface area contributed by atoms with Gasteiger partial charge in [-0.05, 0) is 18.2 Å². The van der Waals surface area contributed by atoms with Crippen LogP contribution in [0.2, 0.25) is 0 Å². The van der Waals surface area contributed by atoms with Crippen LogP contribution >= 0.6 is 0 Å². The van der Waals surface area contributed by atoms with Crippen LogP contribution in [0, 0.1) is 11.3 Å². The highest BCUT2D eigenvalue weighted by atomic mass is 16.5. The fraction of sp³-hybridized carbons (Fsp3) is 0.133. The molecule has 0 radical (unpaired) electrons. The Morgan fingerprint density at radius 1 is 1.35 bits per heavy atom. The van der Waals surface area contributed by atoms with Crippen molar-refractivity contribution in [3.8, 4) is 6.07 Å². The fourth-order valence-electron chi connectivity index (χ4n) is 2.43. The van der Waals surface area contributed by atoms with Crippen LogP contribution in [-0.4, -0.2) is 22.6 Å². The summed E-state index contributed by atoms with van der Waals surface area (Å²) in [5.41, 5.74) is 2.18. The van der Waals surface area contributed by atoms with E-state index in [0.717, 1.165) is 21.8 Å². The molecule has 0 atom stereocenters. The molecule has 0 unspecified atom stereocenters. The smallest absolute Gasteiger partial charge is 0.337 e. The number of carbonyl (C=O) groups is 1. The van der Waals surface area contributed by atoms with Gasteiger partial charge in [0.25, 0.3) is 0 Å². The van der Waals surface area contributed by atoms with E-state index in [1.54, 1.807) is 24.5 Å². The normalized spacial score (nSPS) is 10.6. The second-order valence-electron chi connectivity index (χ2n) is 4.36. The molecule has 0 aliphatic rings. The summed E-state index contributed by atoms with van der Waals surface area (Å²) < 4.78 is 6.58. The Hall–Kier alpha value is -2.87. The molecular weight excluding hydrogens is 254 g/mol. The first kappa shape index (κ1) is 12.2. The molecule has 0 saturated carbocycles. The van der Waals surface area contributed by atoms with Crippen molar-refractivity contribution >= 4 is 27.8 Å². The molecule has 0 aliphatic carbocycles. The van der Waals surface area contributed by atoms with Gasteiger partial charge in [0.2, 0.25) is 0 Å². The Labute approximate surface area is 115 Å². The first-order valence-corrected chi connectivity index (χ1v) is 6.07. The lowest BCUT2D eigenvalue weighted by molar-refractivity contribution is 0.0601. The minimum absolute atomic E-state index is 0.205. The molecule has 0 aliphatic heterocycles. The zero-order chi connectivity index (χ0) is 14.1. The maximum atomic E-state index is 11.6. The van der Waals surface area contributed by atoms with Crippen LogP contribution in [0.4, 0.5) is 0 Å². The van der Waals surface area contributed by atoms with Gasteiger partial charge >= 0.3 is 5.97 Å². The Kier molecular flexibility index (Phi) is 2.84. The highest BCUT2D eigenvalue weighted by molar-refractivity contribution is 6.09. The third kappa shape index (κ3) is 1.70. The number of methoxy groups -OCH3 is 1. The number of aromatic nitrogens is 2. The summed E-state index contributed by atoms with van der Waals surface area (Å²) in [6.07, 6.45) is 3.44. The van der Waals surface area contributed by atoms with Gasteiger partial charge in [0, 0.05) is 17.0 Å². The summed E-state index contributed by atoms with van der Waals surface area (Å²) in [4.78, 5) is 15.7. The molecule has 0 bridgehead atoms. The van der Waals surface area contributed by atoms with E-state index in [1.165, 1.54) is 7.11 Å². The molecular formula is C15H11N3O2. The number of hydrogen-bond donors (Lipinski definition) is 0. The number of benzene rings is 1. The lowest BCUT2D eigenvalue weighted by Gasteiger charge is -2.03. The zero-order valence-electron chi connectivity index (χ0n) is 10.8. The van der Waals surface area contributed by atoms with Crippen LogP contribution in [0.3, 0.4) is 0 Å². The average molecular weight is 265 g/mol. The topological polar surface area (TPSA) is 67.9 Å². The van der Waals surface area contributed by atoms with E-state index in [9.17, 15) is 4.79 Å². The van der Waals surface area contributed by atoms with Crippen molar-refractivity contribution in [2.45, 2.75) is 6.54 Å². The SMILES string of the molecule is COC(=O)c1ccc2c3ccncc3n(CC#N)c2c1. The minimum atomic E-state index is -0.390. The summed E-state index contributed by atoms with van der Waals surface area (Å²) in [6.45, 7) is 0.205. The zero-order valence-corrected chi connectivity index (χ0v) is 10.8. The Morgan fingerprint density at radius 2 is 2.15 bits per heavy atom. The molecule has 0 fully saturated rings. The van der Waals surface area contributed by atoms with E-state index in [4.69, 9.17) is 10.00 Å². The van der Waals surface area contributed by atoms with E-state index in [-0.39, 0.29) is 6.54 Å². The molecule has 0 N–H and O–H groups in total. The fourth-order valence-corrected chi connectivity index (χ4v) is 2.43. The molecule has 2 aromatic heterocycles. The van der Waals surface area contributed by atoms with Gasteiger partial charge in [0.15, 0.2) is 0 Å². The molecule has 2 heterocycles. The number of carbonyl (C=O) groups excluding carboxylic acids is 1. The summed E-state index contributed by atoms with van der Waals surface area (Å²) in [6, 6.07) is 9.39. The van der Waals surface area contributed by atoms with E-state index in [1.807, 2.05) is 16.7 Å². The summed E-state index contributed by atoms with van der Waals surface area (Å²) in [7, 11) is 1.35. The van der Waals surface area contributed by atoms with Gasteiger partial charge in [-0.25, -0.2) is 4.79 Å². The number of ether oxygens (including phenoxy) is 1. The Morgan fingerprint density at radius 3 is 2.90 bits per heavy atom. The molecule has 98 valence electrons. The van der Waals surface area contributed by atoms with Crippen LogP contribution in [-0.2, 0) is 11.3 Å². The van der Waals surface area contributed by atoms with E-state index in [0.29, 0.717) is 5.56 Å². The van der Waals surface area contributed by atoms with Gasteiger partial charge in [0.1, 0.15) is 6.54 Å². The molecule has 0 saturated heterocycles. The molecule has 5 nitrogen and oxygen atoms in total. The van der Waals surface area contributed by atoms with Crippen LogP contribution in [0.1, 0.15) is 10.4 Å². The van der Waals surface area contributed by atoms with Gasteiger partial charge in [-0.2, -0.15) is 5.26 Å². The Balaban J connectivity index is 2.38. The minimum Gasteiger partial charge on any atom is -0.465 e. The van der Waals surface area contributed by atoms with Gasteiger partial charge in [-0.15, -0.1) is 0 Å². The molecule has 20 heavy (non-hydrogen) atoms. The first-order chi connectivity index (χ1) is 9.76. The van der Waals surface area contributed by atoms with E-state index < -0.39 is 5.97 Å². The number of esters is 1. The number of pyridine rings is 1. The van der Waals surface area contributed by atoms with Crippen molar-refractivity contribution in [3.63, 3.8) is 0 Å². The Bertz CT molecular complexity index is 859. The van der Waals surface area contributed by atoms with Crippen LogP contribution in [0.15, 0.2) is 36.7 Å². The summed E-state index contributed by atoms with van der Waals surface area (Å²) >= 11 is 0. The average Bonchev–Trinajstić information content (AvgIpc) is 2.81. The summed E-state index contributed by atoms with van der Waals surface area (Å²) in [5, 5.41) is 11.0. The standard InChI is InChI=1S/C15H11N3O2/c1-20-15(19)10-2-3-11-12-4-6-17-9-14(12)18(7-5-16)13(11)8-10/h2-4,6,8-9H,7H2,1H3. The van der Waals surface area contributed by atoms with Crippen LogP contribution in [0.5, 0.6) is 0 Å². The lowest BCUT2D eigenvalue weighted by Crippen LogP contribution is -2.02. The highest BCUT2D eigenvalue weighted by Gasteiger charge is 2.13. The second kappa shape index (κ2) is 4.67. The monoisotopic (exact) mass is 265 g/mol. The number of fused-ring (bicyclic) bond motifs is 3. The molecule has 3 rings (SSSR count). The van der Waals surface area contributed by atoms with Gasteiger partial charge in [0.05, 0.1) is 36.0 Å². The predicted octanol–water partition coefficient (Wildman–Crippen LogP) is 2.50. The molecule has 1 aromatic carbocycles. The van der Waals surface area contributed by atoms with Crippen molar-refractivity contribution in [1.29, 1.82) is 5.26 Å². The van der Waals surface area contributed by atoms with Crippen LogP contribution < -0.4 is 0 Å². The van der Waals surface area contributed by atoms with Crippen molar-refractivity contribution in [2.75, 3.05) is 7.11 Å². The largest absolute Gasteiger partial charge is 0.465 e. The second-order valence-corrected chi connectivity index (χ2v) is 4.36. The van der Waals surface area contributed by atoms with Crippen molar-refractivity contribution in [1.82, 2.24) is 9.55 Å². The third-order valence-corrected chi connectivity index (χ3v) is 3.32. The van der Waals surface area contributed by atoms with Gasteiger partial charge in [-0.3, -0.25) is 4.98 Å². The molecule has 0 spiro atoms. The van der Waals surface area contributed by atoms with Crippen molar-refractivity contribution in [3.05, 3.63) is 42.2 Å². The van der Waals surface area contributed by atoms with Gasteiger partial charge in [-0.1, -0.05) is 6.07 Å². The number of nitriles is 1. The molecule has 0 amide bonds. The van der Waals surface area contributed by atoms with E-state index in [2.05, 4.69) is 11.1 Å². The maximum absolute atomic E-state index is 11.6. The number of nitrogens with zero attached hydrogens (tertiary/aromatic N) is 3. The first-order valence-electron chi connectivity index (χ1n) is 6.07. The summed E-state index contributed by atoms with van der Waals surface area (Å²) in [5.74, 6) is -0.390.